The summed E-state index contributed by atoms with van der Waals surface area (Å²) in [7, 11) is 2.02. The highest BCUT2D eigenvalue weighted by Crippen LogP contribution is 2.27. The van der Waals surface area contributed by atoms with Crippen LogP contribution in [-0.4, -0.2) is 16.1 Å². The topological polar surface area (TPSA) is 29.9 Å². The predicted molar refractivity (Wildman–Crippen MR) is 82.5 cm³/mol. The lowest BCUT2D eigenvalue weighted by Crippen LogP contribution is -2.24. The van der Waals surface area contributed by atoms with Crippen LogP contribution in [0.3, 0.4) is 0 Å². The van der Waals surface area contributed by atoms with Crippen molar-refractivity contribution in [3.8, 4) is 0 Å². The Morgan fingerprint density at radius 3 is 2.84 bits per heavy atom. The molecule has 1 aromatic heterocycles. The quantitative estimate of drug-likeness (QED) is 0.897. The van der Waals surface area contributed by atoms with Gasteiger partial charge in [0.25, 0.3) is 0 Å². The molecule has 1 aromatic carbocycles. The first-order valence-electron chi connectivity index (χ1n) is 6.26. The second-order valence-electron chi connectivity index (χ2n) is 4.44. The van der Waals surface area contributed by atoms with E-state index >= 15 is 0 Å². The molecule has 0 spiro atoms. The third-order valence-electron chi connectivity index (χ3n) is 3.10. The number of likely N-dealkylation sites (N-methyl/N-ethyl adjacent to an activating group) is 1. The van der Waals surface area contributed by atoms with E-state index in [0.29, 0.717) is 0 Å². The van der Waals surface area contributed by atoms with Crippen LogP contribution in [0, 0.1) is 0 Å². The zero-order valence-electron chi connectivity index (χ0n) is 11.0. The molecule has 0 amide bonds. The van der Waals surface area contributed by atoms with Crippen LogP contribution in [0.5, 0.6) is 0 Å². The molecule has 3 nitrogen and oxygen atoms in total. The van der Waals surface area contributed by atoms with E-state index in [-0.39, 0.29) is 6.04 Å². The van der Waals surface area contributed by atoms with Crippen molar-refractivity contribution in [2.45, 2.75) is 19.4 Å². The fraction of sp³-hybridized carbons (Fsp3) is 0.357. The zero-order valence-corrected chi connectivity index (χ0v) is 13.4. The second kappa shape index (κ2) is 6.55. The van der Waals surface area contributed by atoms with Crippen LogP contribution in [0.2, 0.25) is 5.02 Å². The van der Waals surface area contributed by atoms with Gasteiger partial charge in [-0.25, -0.2) is 4.98 Å². The summed E-state index contributed by atoms with van der Waals surface area (Å²) in [6.07, 6.45) is 4.65. The van der Waals surface area contributed by atoms with E-state index < -0.39 is 0 Å². The van der Waals surface area contributed by atoms with Crippen molar-refractivity contribution in [2.24, 2.45) is 7.05 Å². The summed E-state index contributed by atoms with van der Waals surface area (Å²) < 4.78 is 2.98. The number of nitrogens with zero attached hydrogens (tertiary/aromatic N) is 2. The number of benzene rings is 1. The van der Waals surface area contributed by atoms with Gasteiger partial charge in [0.2, 0.25) is 0 Å². The number of halogens is 2. The maximum Gasteiger partial charge on any atom is 0.110 e. The van der Waals surface area contributed by atoms with E-state index in [1.165, 1.54) is 5.56 Å². The van der Waals surface area contributed by atoms with Crippen molar-refractivity contribution < 1.29 is 0 Å². The minimum Gasteiger partial charge on any atom is -0.338 e. The molecule has 2 aromatic rings. The van der Waals surface area contributed by atoms with Gasteiger partial charge in [-0.05, 0) is 40.2 Å². The normalized spacial score (nSPS) is 12.6. The average molecular weight is 343 g/mol. The molecule has 1 heterocycles. The number of hydrogen-bond acceptors (Lipinski definition) is 2. The fourth-order valence-electron chi connectivity index (χ4n) is 2.06. The molecule has 0 aliphatic heterocycles. The van der Waals surface area contributed by atoms with Gasteiger partial charge in [-0.2, -0.15) is 0 Å². The van der Waals surface area contributed by atoms with E-state index in [1.54, 1.807) is 0 Å². The third kappa shape index (κ3) is 3.59. The van der Waals surface area contributed by atoms with Gasteiger partial charge in [-0.15, -0.1) is 0 Å². The van der Waals surface area contributed by atoms with Gasteiger partial charge < -0.3 is 9.88 Å². The van der Waals surface area contributed by atoms with Gasteiger partial charge in [0.05, 0.1) is 5.02 Å². The predicted octanol–water partition coefficient (Wildman–Crippen LogP) is 3.73. The molecule has 0 saturated carbocycles. The van der Waals surface area contributed by atoms with Crippen LogP contribution in [0.1, 0.15) is 24.4 Å². The van der Waals surface area contributed by atoms with Gasteiger partial charge >= 0.3 is 0 Å². The van der Waals surface area contributed by atoms with Gasteiger partial charge in [0.15, 0.2) is 0 Å². The van der Waals surface area contributed by atoms with E-state index in [9.17, 15) is 0 Å². The SMILES string of the molecule is CCNC(Cc1nccn1C)c1ccc(Cl)c(Br)c1. The lowest BCUT2D eigenvalue weighted by molar-refractivity contribution is 0.529. The Morgan fingerprint density at radius 2 is 2.26 bits per heavy atom. The van der Waals surface area contributed by atoms with Crippen molar-refractivity contribution in [1.82, 2.24) is 14.9 Å². The number of imidazole rings is 1. The van der Waals surface area contributed by atoms with Crippen molar-refractivity contribution in [1.29, 1.82) is 0 Å². The molecule has 0 aliphatic rings. The maximum atomic E-state index is 6.05. The molecule has 1 N–H and O–H groups in total. The number of rotatable bonds is 5. The Kier molecular flexibility index (Phi) is 5.02. The van der Waals surface area contributed by atoms with E-state index in [0.717, 1.165) is 28.3 Å². The van der Waals surface area contributed by atoms with Crippen LogP contribution >= 0.6 is 27.5 Å². The minimum absolute atomic E-state index is 0.236. The Labute approximate surface area is 127 Å². The van der Waals surface area contributed by atoms with E-state index in [2.05, 4.69) is 49.9 Å². The highest BCUT2D eigenvalue weighted by atomic mass is 79.9. The van der Waals surface area contributed by atoms with E-state index in [1.807, 2.05) is 25.5 Å². The van der Waals surface area contributed by atoms with Crippen molar-refractivity contribution in [3.05, 3.63) is 51.5 Å². The molecule has 0 radical (unpaired) electrons. The highest BCUT2D eigenvalue weighted by molar-refractivity contribution is 9.10. The fourth-order valence-corrected chi connectivity index (χ4v) is 2.57. The summed E-state index contributed by atoms with van der Waals surface area (Å²) >= 11 is 9.52. The van der Waals surface area contributed by atoms with Gasteiger partial charge in [-0.1, -0.05) is 24.6 Å². The molecule has 0 saturated heterocycles. The largest absolute Gasteiger partial charge is 0.338 e. The first-order chi connectivity index (χ1) is 9.11. The molecule has 19 heavy (non-hydrogen) atoms. The molecule has 1 atom stereocenters. The molecule has 2 rings (SSSR count). The third-order valence-corrected chi connectivity index (χ3v) is 4.32. The highest BCUT2D eigenvalue weighted by Gasteiger charge is 2.14. The molecular formula is C14H17BrClN3. The number of aromatic nitrogens is 2. The Hall–Kier alpha value is -0.840. The van der Waals surface area contributed by atoms with Crippen LogP contribution in [-0.2, 0) is 13.5 Å². The standard InChI is InChI=1S/C14H17BrClN3/c1-3-17-13(9-14-18-6-7-19(14)2)10-4-5-12(16)11(15)8-10/h4-8,13,17H,3,9H2,1-2H3. The Morgan fingerprint density at radius 1 is 1.47 bits per heavy atom. The Balaban J connectivity index is 2.24. The van der Waals surface area contributed by atoms with Gasteiger partial charge in [-0.3, -0.25) is 0 Å². The lowest BCUT2D eigenvalue weighted by atomic mass is 10.0. The molecule has 0 bridgehead atoms. The number of aryl methyl sites for hydroxylation is 1. The number of nitrogens with one attached hydrogen (secondary N) is 1. The first kappa shape index (κ1) is 14.6. The summed E-state index contributed by atoms with van der Waals surface area (Å²) in [5, 5.41) is 4.23. The summed E-state index contributed by atoms with van der Waals surface area (Å²) in [5.74, 6) is 1.07. The Bertz CT molecular complexity index is 553. The van der Waals surface area contributed by atoms with Gasteiger partial charge in [0.1, 0.15) is 5.82 Å². The van der Waals surface area contributed by atoms with E-state index in [4.69, 9.17) is 11.6 Å². The van der Waals surface area contributed by atoms with Crippen LogP contribution in [0.25, 0.3) is 0 Å². The van der Waals surface area contributed by atoms with Gasteiger partial charge in [0, 0.05) is 36.4 Å². The van der Waals surface area contributed by atoms with Crippen molar-refractivity contribution in [3.63, 3.8) is 0 Å². The van der Waals surface area contributed by atoms with Crippen molar-refractivity contribution in [2.75, 3.05) is 6.54 Å². The molecule has 0 fully saturated rings. The van der Waals surface area contributed by atoms with Crippen LogP contribution < -0.4 is 5.32 Å². The average Bonchev–Trinajstić information content (AvgIpc) is 2.78. The summed E-state index contributed by atoms with van der Waals surface area (Å²) in [5.41, 5.74) is 1.21. The first-order valence-corrected chi connectivity index (χ1v) is 7.43. The molecule has 102 valence electrons. The molecular weight excluding hydrogens is 326 g/mol. The zero-order chi connectivity index (χ0) is 13.8. The van der Waals surface area contributed by atoms with Crippen LogP contribution in [0.15, 0.2) is 35.1 Å². The minimum atomic E-state index is 0.236. The summed E-state index contributed by atoms with van der Waals surface area (Å²) in [6.45, 7) is 3.02. The smallest absolute Gasteiger partial charge is 0.110 e. The lowest BCUT2D eigenvalue weighted by Gasteiger charge is -2.18. The van der Waals surface area contributed by atoms with Crippen LogP contribution in [0.4, 0.5) is 0 Å². The molecule has 0 aliphatic carbocycles. The number of hydrogen-bond donors (Lipinski definition) is 1. The molecule has 5 heteroatoms. The monoisotopic (exact) mass is 341 g/mol. The molecule has 1 unspecified atom stereocenters. The summed E-state index contributed by atoms with van der Waals surface area (Å²) in [4.78, 5) is 4.39. The van der Waals surface area contributed by atoms with Crippen molar-refractivity contribution >= 4 is 27.5 Å². The maximum absolute atomic E-state index is 6.05. The summed E-state index contributed by atoms with van der Waals surface area (Å²) in [6, 6.07) is 6.28. The second-order valence-corrected chi connectivity index (χ2v) is 5.70.